The summed E-state index contributed by atoms with van der Waals surface area (Å²) in [5.41, 5.74) is 0.417. The Balaban J connectivity index is 0.00000208. The molecule has 3 saturated carbocycles. The van der Waals surface area contributed by atoms with E-state index in [0.717, 1.165) is 43.4 Å². The molecule has 0 aromatic rings. The van der Waals surface area contributed by atoms with Gasteiger partial charge in [0.15, 0.2) is 5.96 Å². The van der Waals surface area contributed by atoms with Crippen LogP contribution in [0.1, 0.15) is 57.8 Å². The van der Waals surface area contributed by atoms with Gasteiger partial charge in [0.1, 0.15) is 0 Å². The molecule has 3 fully saturated rings. The van der Waals surface area contributed by atoms with E-state index in [4.69, 9.17) is 4.74 Å². The first-order chi connectivity index (χ1) is 11.3. The Morgan fingerprint density at radius 1 is 1.12 bits per heavy atom. The van der Waals surface area contributed by atoms with Gasteiger partial charge in [0, 0.05) is 33.9 Å². The highest BCUT2D eigenvalue weighted by molar-refractivity contribution is 14.0. The normalized spacial score (nSPS) is 23.2. The predicted octanol–water partition coefficient (Wildman–Crippen LogP) is 3.80. The van der Waals surface area contributed by atoms with Crippen LogP contribution in [-0.2, 0) is 4.74 Å². The average Bonchev–Trinajstić information content (AvgIpc) is 3.50. The summed E-state index contributed by atoms with van der Waals surface area (Å²) in [6.07, 6.45) is 12.4. The number of rotatable bonds is 9. The Kier molecular flexibility index (Phi) is 8.11. The minimum atomic E-state index is 0. The summed E-state index contributed by atoms with van der Waals surface area (Å²) in [5.74, 6) is 3.88. The van der Waals surface area contributed by atoms with E-state index in [1.807, 2.05) is 14.2 Å². The van der Waals surface area contributed by atoms with Crippen molar-refractivity contribution in [1.82, 2.24) is 10.6 Å². The molecule has 0 spiro atoms. The van der Waals surface area contributed by atoms with Crippen LogP contribution < -0.4 is 10.6 Å². The number of halogens is 1. The maximum absolute atomic E-state index is 5.33. The van der Waals surface area contributed by atoms with Crippen LogP contribution in [0.2, 0.25) is 0 Å². The van der Waals surface area contributed by atoms with Gasteiger partial charge in [-0.1, -0.05) is 12.8 Å². The summed E-state index contributed by atoms with van der Waals surface area (Å²) < 4.78 is 5.33. The van der Waals surface area contributed by atoms with Crippen molar-refractivity contribution in [3.05, 3.63) is 0 Å². The highest BCUT2D eigenvalue weighted by Crippen LogP contribution is 2.48. The first-order valence-electron chi connectivity index (χ1n) is 9.70. The van der Waals surface area contributed by atoms with Gasteiger partial charge in [-0.3, -0.25) is 4.99 Å². The van der Waals surface area contributed by atoms with Crippen molar-refractivity contribution in [1.29, 1.82) is 0 Å². The first kappa shape index (κ1) is 20.3. The molecule has 2 N–H and O–H groups in total. The summed E-state index contributed by atoms with van der Waals surface area (Å²) in [6.45, 7) is 3.02. The summed E-state index contributed by atoms with van der Waals surface area (Å²) in [4.78, 5) is 4.46. The molecule has 140 valence electrons. The van der Waals surface area contributed by atoms with Crippen molar-refractivity contribution in [2.24, 2.45) is 28.2 Å². The van der Waals surface area contributed by atoms with Crippen LogP contribution in [0.4, 0.5) is 0 Å². The number of nitrogens with one attached hydrogen (secondary N) is 2. The van der Waals surface area contributed by atoms with E-state index < -0.39 is 0 Å². The molecule has 5 heteroatoms. The topological polar surface area (TPSA) is 45.7 Å². The molecule has 0 radical (unpaired) electrons. The van der Waals surface area contributed by atoms with Crippen molar-refractivity contribution in [2.75, 3.05) is 33.9 Å². The second kappa shape index (κ2) is 9.60. The summed E-state index contributed by atoms with van der Waals surface area (Å²) >= 11 is 0. The minimum absolute atomic E-state index is 0. The molecule has 0 bridgehead atoms. The molecule has 0 aromatic heterocycles. The van der Waals surface area contributed by atoms with Gasteiger partial charge >= 0.3 is 0 Å². The highest BCUT2D eigenvalue weighted by atomic mass is 127. The van der Waals surface area contributed by atoms with Crippen LogP contribution in [-0.4, -0.2) is 39.8 Å². The van der Waals surface area contributed by atoms with E-state index in [-0.39, 0.29) is 24.0 Å². The van der Waals surface area contributed by atoms with E-state index >= 15 is 0 Å². The summed E-state index contributed by atoms with van der Waals surface area (Å²) in [5, 5.41) is 7.24. The Morgan fingerprint density at radius 3 is 2.25 bits per heavy atom. The van der Waals surface area contributed by atoms with Crippen LogP contribution >= 0.6 is 24.0 Å². The monoisotopic (exact) mass is 449 g/mol. The Morgan fingerprint density at radius 2 is 1.75 bits per heavy atom. The fraction of sp³-hybridized carbons (Fsp3) is 0.947. The number of methoxy groups -OCH3 is 1. The highest BCUT2D eigenvalue weighted by Gasteiger charge is 2.41. The Hall–Kier alpha value is -0.0400. The molecule has 24 heavy (non-hydrogen) atoms. The molecular weight excluding hydrogens is 413 g/mol. The van der Waals surface area contributed by atoms with Gasteiger partial charge in [0.2, 0.25) is 0 Å². The second-order valence-electron chi connectivity index (χ2n) is 8.10. The predicted molar refractivity (Wildman–Crippen MR) is 111 cm³/mol. The lowest BCUT2D eigenvalue weighted by Gasteiger charge is -2.30. The summed E-state index contributed by atoms with van der Waals surface area (Å²) in [7, 11) is 3.71. The van der Waals surface area contributed by atoms with Gasteiger partial charge < -0.3 is 15.4 Å². The molecule has 0 aliphatic heterocycles. The van der Waals surface area contributed by atoms with Gasteiger partial charge in [-0.15, -0.1) is 24.0 Å². The van der Waals surface area contributed by atoms with Crippen molar-refractivity contribution in [3.8, 4) is 0 Å². The number of aliphatic imine (C=N–C) groups is 1. The summed E-state index contributed by atoms with van der Waals surface area (Å²) in [6, 6.07) is 0. The number of guanidine groups is 1. The molecule has 3 aliphatic rings. The molecule has 0 atom stereocenters. The molecule has 0 amide bonds. The average molecular weight is 449 g/mol. The fourth-order valence-electron chi connectivity index (χ4n) is 4.43. The lowest BCUT2D eigenvalue weighted by atomic mass is 9.83. The fourth-order valence-corrected chi connectivity index (χ4v) is 4.43. The van der Waals surface area contributed by atoms with Gasteiger partial charge in [0.25, 0.3) is 0 Å². The van der Waals surface area contributed by atoms with E-state index in [9.17, 15) is 0 Å². The van der Waals surface area contributed by atoms with Gasteiger partial charge in [-0.25, -0.2) is 0 Å². The van der Waals surface area contributed by atoms with E-state index in [1.54, 1.807) is 0 Å². The molecule has 0 saturated heterocycles. The third-order valence-electron chi connectivity index (χ3n) is 6.32. The van der Waals surface area contributed by atoms with Crippen LogP contribution in [0.15, 0.2) is 4.99 Å². The molecule has 3 rings (SSSR count). The number of ether oxygens (including phenoxy) is 1. The quantitative estimate of drug-likeness (QED) is 0.320. The van der Waals surface area contributed by atoms with E-state index in [1.165, 1.54) is 57.8 Å². The second-order valence-corrected chi connectivity index (χ2v) is 8.10. The maximum atomic E-state index is 5.33. The Bertz CT molecular complexity index is 389. The van der Waals surface area contributed by atoms with Gasteiger partial charge in [-0.05, 0) is 68.1 Å². The zero-order valence-corrected chi connectivity index (χ0v) is 17.8. The number of hydrogen-bond acceptors (Lipinski definition) is 2. The maximum Gasteiger partial charge on any atom is 0.191 e. The van der Waals surface area contributed by atoms with E-state index in [0.29, 0.717) is 5.41 Å². The van der Waals surface area contributed by atoms with Crippen molar-refractivity contribution >= 4 is 29.9 Å². The SMILES string of the molecule is CN=C(NCC(C1CC1)C1CC1)NCC1(CCOC)CCCC1.I. The minimum Gasteiger partial charge on any atom is -0.385 e. The van der Waals surface area contributed by atoms with Crippen LogP contribution in [0.25, 0.3) is 0 Å². The third kappa shape index (κ3) is 5.75. The van der Waals surface area contributed by atoms with Crippen molar-refractivity contribution in [2.45, 2.75) is 57.8 Å². The zero-order chi connectivity index (χ0) is 16.1. The van der Waals surface area contributed by atoms with Gasteiger partial charge in [0.05, 0.1) is 0 Å². The van der Waals surface area contributed by atoms with Crippen molar-refractivity contribution < 1.29 is 4.74 Å². The smallest absolute Gasteiger partial charge is 0.191 e. The number of nitrogens with zero attached hydrogens (tertiary/aromatic N) is 1. The largest absolute Gasteiger partial charge is 0.385 e. The molecule has 0 heterocycles. The zero-order valence-electron chi connectivity index (χ0n) is 15.5. The van der Waals surface area contributed by atoms with Crippen LogP contribution in [0, 0.1) is 23.2 Å². The number of hydrogen-bond donors (Lipinski definition) is 2. The molecule has 0 aromatic carbocycles. The van der Waals surface area contributed by atoms with Gasteiger partial charge in [-0.2, -0.15) is 0 Å². The molecular formula is C19H36IN3O. The van der Waals surface area contributed by atoms with Crippen LogP contribution in [0.3, 0.4) is 0 Å². The third-order valence-corrected chi connectivity index (χ3v) is 6.32. The molecule has 0 unspecified atom stereocenters. The molecule has 4 nitrogen and oxygen atoms in total. The molecule has 3 aliphatic carbocycles. The lowest BCUT2D eigenvalue weighted by Crippen LogP contribution is -2.45. The first-order valence-corrected chi connectivity index (χ1v) is 9.70. The standard InChI is InChI=1S/C19H35N3O.HI/c1-20-18(21-13-17(15-5-6-15)16-7-8-16)22-14-19(11-12-23-2)9-3-4-10-19;/h15-17H,3-14H2,1-2H3,(H2,20,21,22);1H. The van der Waals surface area contributed by atoms with E-state index in [2.05, 4.69) is 15.6 Å². The van der Waals surface area contributed by atoms with Crippen molar-refractivity contribution in [3.63, 3.8) is 0 Å². The van der Waals surface area contributed by atoms with Crippen LogP contribution in [0.5, 0.6) is 0 Å². The lowest BCUT2D eigenvalue weighted by molar-refractivity contribution is 0.138. The Labute approximate surface area is 165 Å².